The standard InChI is InChI=1S/C25H26FN3O/c1-24(2,3)17-13-19(25(4,5)16-9-7-6-8-10-16)23(30)22(14-17)29-27-20-12-11-18(26)15-21(20)28-29/h6-15,30H,1-5H3. The second kappa shape index (κ2) is 6.94. The van der Waals surface area contributed by atoms with Crippen molar-refractivity contribution in [3.8, 4) is 11.4 Å². The molecule has 0 bridgehead atoms. The van der Waals surface area contributed by atoms with Crippen molar-refractivity contribution >= 4 is 11.0 Å². The molecule has 0 fully saturated rings. The van der Waals surface area contributed by atoms with Gasteiger partial charge >= 0.3 is 0 Å². The molecule has 30 heavy (non-hydrogen) atoms. The van der Waals surface area contributed by atoms with E-state index in [4.69, 9.17) is 0 Å². The Morgan fingerprint density at radius 1 is 0.800 bits per heavy atom. The number of benzene rings is 3. The summed E-state index contributed by atoms with van der Waals surface area (Å²) in [5, 5.41) is 20.2. The van der Waals surface area contributed by atoms with Crippen LogP contribution in [0.15, 0.2) is 60.7 Å². The van der Waals surface area contributed by atoms with Crippen LogP contribution in [0.25, 0.3) is 16.7 Å². The van der Waals surface area contributed by atoms with E-state index in [1.54, 1.807) is 6.07 Å². The molecule has 0 unspecified atom stereocenters. The molecular weight excluding hydrogens is 377 g/mol. The Morgan fingerprint density at radius 2 is 1.47 bits per heavy atom. The number of phenols is 1. The lowest BCUT2D eigenvalue weighted by atomic mass is 9.75. The lowest BCUT2D eigenvalue weighted by Gasteiger charge is -2.30. The summed E-state index contributed by atoms with van der Waals surface area (Å²) < 4.78 is 13.6. The predicted octanol–water partition coefficient (Wildman–Crippen LogP) is 5.89. The van der Waals surface area contributed by atoms with Crippen LogP contribution < -0.4 is 0 Å². The Hall–Kier alpha value is -3.21. The second-order valence-corrected chi connectivity index (χ2v) is 9.26. The molecule has 4 aromatic rings. The van der Waals surface area contributed by atoms with E-state index in [9.17, 15) is 9.50 Å². The minimum absolute atomic E-state index is 0.123. The zero-order valence-corrected chi connectivity index (χ0v) is 17.9. The van der Waals surface area contributed by atoms with Crippen LogP contribution in [0.2, 0.25) is 0 Å². The minimum Gasteiger partial charge on any atom is -0.505 e. The molecule has 0 saturated carbocycles. The third-order valence-electron chi connectivity index (χ3n) is 5.68. The molecule has 0 radical (unpaired) electrons. The molecule has 1 aromatic heterocycles. The van der Waals surface area contributed by atoms with Crippen LogP contribution in [0, 0.1) is 5.82 Å². The molecule has 4 rings (SSSR count). The smallest absolute Gasteiger partial charge is 0.147 e. The van der Waals surface area contributed by atoms with Crippen molar-refractivity contribution in [2.24, 2.45) is 0 Å². The number of hydrogen-bond acceptors (Lipinski definition) is 3. The van der Waals surface area contributed by atoms with Crippen LogP contribution in [0.1, 0.15) is 51.3 Å². The first kappa shape index (κ1) is 20.1. The van der Waals surface area contributed by atoms with E-state index in [1.165, 1.54) is 16.9 Å². The minimum atomic E-state index is -0.444. The molecule has 0 amide bonds. The highest BCUT2D eigenvalue weighted by atomic mass is 19.1. The Morgan fingerprint density at radius 3 is 2.13 bits per heavy atom. The van der Waals surface area contributed by atoms with Crippen LogP contribution >= 0.6 is 0 Å². The highest BCUT2D eigenvalue weighted by Gasteiger charge is 2.30. The van der Waals surface area contributed by atoms with Crippen molar-refractivity contribution in [1.29, 1.82) is 0 Å². The summed E-state index contributed by atoms with van der Waals surface area (Å²) >= 11 is 0. The summed E-state index contributed by atoms with van der Waals surface area (Å²) in [6.45, 7) is 10.6. The van der Waals surface area contributed by atoms with Crippen molar-refractivity contribution in [2.75, 3.05) is 0 Å². The van der Waals surface area contributed by atoms with E-state index < -0.39 is 5.41 Å². The van der Waals surface area contributed by atoms with Crippen molar-refractivity contribution in [3.63, 3.8) is 0 Å². The van der Waals surface area contributed by atoms with E-state index in [0.717, 1.165) is 16.7 Å². The first-order valence-corrected chi connectivity index (χ1v) is 10.0. The fourth-order valence-corrected chi connectivity index (χ4v) is 3.69. The van der Waals surface area contributed by atoms with Gasteiger partial charge in [0.15, 0.2) is 0 Å². The van der Waals surface area contributed by atoms with E-state index in [-0.39, 0.29) is 17.0 Å². The van der Waals surface area contributed by atoms with Gasteiger partial charge in [-0.15, -0.1) is 15.0 Å². The number of phenolic OH excluding ortho intramolecular Hbond substituents is 1. The maximum Gasteiger partial charge on any atom is 0.147 e. The number of fused-ring (bicyclic) bond motifs is 1. The highest BCUT2D eigenvalue weighted by Crippen LogP contribution is 2.42. The van der Waals surface area contributed by atoms with Gasteiger partial charge in [-0.3, -0.25) is 0 Å². The molecule has 1 heterocycles. The summed E-state index contributed by atoms with van der Waals surface area (Å²) in [6, 6.07) is 18.4. The van der Waals surface area contributed by atoms with Crippen LogP contribution in [-0.4, -0.2) is 20.1 Å². The van der Waals surface area contributed by atoms with E-state index in [2.05, 4.69) is 63.0 Å². The molecule has 5 heteroatoms. The maximum atomic E-state index is 13.6. The van der Waals surface area contributed by atoms with Crippen LogP contribution in [-0.2, 0) is 10.8 Å². The monoisotopic (exact) mass is 403 g/mol. The molecule has 0 aliphatic carbocycles. The van der Waals surface area contributed by atoms with Crippen LogP contribution in [0.4, 0.5) is 4.39 Å². The van der Waals surface area contributed by atoms with Crippen molar-refractivity contribution < 1.29 is 9.50 Å². The Bertz CT molecular complexity index is 1220. The molecule has 3 aromatic carbocycles. The number of hydrogen-bond donors (Lipinski definition) is 1. The van der Waals surface area contributed by atoms with Gasteiger partial charge in [-0.2, -0.15) is 0 Å². The van der Waals surface area contributed by atoms with Crippen molar-refractivity contribution in [3.05, 3.63) is 83.2 Å². The number of aromatic nitrogens is 3. The fourth-order valence-electron chi connectivity index (χ4n) is 3.69. The largest absolute Gasteiger partial charge is 0.505 e. The fraction of sp³-hybridized carbons (Fsp3) is 0.280. The zero-order valence-electron chi connectivity index (χ0n) is 17.9. The average molecular weight is 404 g/mol. The number of aromatic hydroxyl groups is 1. The van der Waals surface area contributed by atoms with Crippen molar-refractivity contribution in [1.82, 2.24) is 15.0 Å². The van der Waals surface area contributed by atoms with Gasteiger partial charge in [0.05, 0.1) is 0 Å². The molecule has 0 spiro atoms. The summed E-state index contributed by atoms with van der Waals surface area (Å²) in [5.74, 6) is -0.245. The van der Waals surface area contributed by atoms with Crippen LogP contribution in [0.5, 0.6) is 5.75 Å². The molecule has 0 saturated heterocycles. The van der Waals surface area contributed by atoms with Gasteiger partial charge in [0, 0.05) is 17.0 Å². The van der Waals surface area contributed by atoms with Gasteiger partial charge in [-0.25, -0.2) is 4.39 Å². The van der Waals surface area contributed by atoms with E-state index in [1.807, 2.05) is 24.3 Å². The van der Waals surface area contributed by atoms with Gasteiger partial charge in [0.25, 0.3) is 0 Å². The molecule has 0 aliphatic heterocycles. The number of halogens is 1. The normalized spacial score (nSPS) is 12.5. The third-order valence-corrected chi connectivity index (χ3v) is 5.68. The molecule has 0 atom stereocenters. The van der Waals surface area contributed by atoms with Gasteiger partial charge in [0.1, 0.15) is 28.3 Å². The van der Waals surface area contributed by atoms with Crippen LogP contribution in [0.3, 0.4) is 0 Å². The maximum absolute atomic E-state index is 13.6. The molecule has 4 nitrogen and oxygen atoms in total. The Kier molecular flexibility index (Phi) is 4.64. The summed E-state index contributed by atoms with van der Waals surface area (Å²) in [4.78, 5) is 1.40. The Labute approximate surface area is 176 Å². The predicted molar refractivity (Wildman–Crippen MR) is 118 cm³/mol. The van der Waals surface area contributed by atoms with Gasteiger partial charge < -0.3 is 5.11 Å². The summed E-state index contributed by atoms with van der Waals surface area (Å²) in [7, 11) is 0. The lowest BCUT2D eigenvalue weighted by Crippen LogP contribution is -2.22. The molecule has 0 aliphatic rings. The SMILES string of the molecule is CC(C)(C)c1cc(-n2nc3ccc(F)cc3n2)c(O)c(C(C)(C)c2ccccc2)c1. The topological polar surface area (TPSA) is 50.9 Å². The highest BCUT2D eigenvalue weighted by molar-refractivity contribution is 5.74. The molecule has 154 valence electrons. The van der Waals surface area contributed by atoms with Crippen molar-refractivity contribution in [2.45, 2.75) is 45.4 Å². The van der Waals surface area contributed by atoms with Gasteiger partial charge in [0.2, 0.25) is 0 Å². The summed E-state index contributed by atoms with van der Waals surface area (Å²) in [5.41, 5.74) is 3.85. The quantitative estimate of drug-likeness (QED) is 0.464. The first-order chi connectivity index (χ1) is 14.1. The zero-order chi connectivity index (χ0) is 21.7. The first-order valence-electron chi connectivity index (χ1n) is 10.0. The average Bonchev–Trinajstić information content (AvgIpc) is 3.10. The molecular formula is C25H26FN3O. The van der Waals surface area contributed by atoms with Gasteiger partial charge in [-0.05, 0) is 34.7 Å². The second-order valence-electron chi connectivity index (χ2n) is 9.26. The van der Waals surface area contributed by atoms with E-state index >= 15 is 0 Å². The number of rotatable bonds is 3. The summed E-state index contributed by atoms with van der Waals surface area (Å²) in [6.07, 6.45) is 0. The Balaban J connectivity index is 1.98. The number of nitrogens with zero attached hydrogens (tertiary/aromatic N) is 3. The van der Waals surface area contributed by atoms with E-state index in [0.29, 0.717) is 16.7 Å². The lowest BCUT2D eigenvalue weighted by molar-refractivity contribution is 0.444. The molecule has 1 N–H and O–H groups in total. The van der Waals surface area contributed by atoms with Gasteiger partial charge in [-0.1, -0.05) is 71.0 Å². The third kappa shape index (κ3) is 3.45.